The monoisotopic (exact) mass is 366 g/mol. The van der Waals surface area contributed by atoms with E-state index in [1.54, 1.807) is 26.0 Å². The standard InChI is InChI=1S/C19H21F3N2O2/c1-11-5-8-16(26-4)13(9-11)10-24(3)12(2)19(25)23-15-7-6-14(20)17(21)18(15)22/h5-9,12H,10H2,1-4H3,(H,23,25). The van der Waals surface area contributed by atoms with Crippen LogP contribution in [0, 0.1) is 24.4 Å². The van der Waals surface area contributed by atoms with Crippen LogP contribution in [0.3, 0.4) is 0 Å². The molecule has 0 aliphatic rings. The molecule has 1 unspecified atom stereocenters. The summed E-state index contributed by atoms with van der Waals surface area (Å²) < 4.78 is 45.3. The molecule has 1 amide bonds. The molecular weight excluding hydrogens is 345 g/mol. The summed E-state index contributed by atoms with van der Waals surface area (Å²) in [6.07, 6.45) is 0. The highest BCUT2D eigenvalue weighted by Gasteiger charge is 2.22. The van der Waals surface area contributed by atoms with E-state index in [2.05, 4.69) is 5.32 Å². The van der Waals surface area contributed by atoms with Gasteiger partial charge in [0.2, 0.25) is 5.91 Å². The minimum Gasteiger partial charge on any atom is -0.496 e. The van der Waals surface area contributed by atoms with Gasteiger partial charge in [-0.2, -0.15) is 0 Å². The number of ether oxygens (including phenoxy) is 1. The number of benzene rings is 2. The molecule has 0 heterocycles. The van der Waals surface area contributed by atoms with Crippen molar-refractivity contribution in [3.63, 3.8) is 0 Å². The summed E-state index contributed by atoms with van der Waals surface area (Å²) in [5.74, 6) is -4.19. The fraction of sp³-hybridized carbons (Fsp3) is 0.316. The zero-order valence-corrected chi connectivity index (χ0v) is 15.1. The van der Waals surface area contributed by atoms with Crippen molar-refractivity contribution in [1.82, 2.24) is 4.90 Å². The van der Waals surface area contributed by atoms with Crippen LogP contribution in [0.25, 0.3) is 0 Å². The summed E-state index contributed by atoms with van der Waals surface area (Å²) in [6.45, 7) is 4.00. The lowest BCUT2D eigenvalue weighted by atomic mass is 10.1. The molecule has 7 heteroatoms. The molecule has 2 aromatic rings. The Hall–Kier alpha value is -2.54. The molecule has 26 heavy (non-hydrogen) atoms. The van der Waals surface area contributed by atoms with Crippen molar-refractivity contribution in [3.8, 4) is 5.75 Å². The van der Waals surface area contributed by atoms with E-state index >= 15 is 0 Å². The smallest absolute Gasteiger partial charge is 0.241 e. The van der Waals surface area contributed by atoms with Gasteiger partial charge in [0.15, 0.2) is 17.5 Å². The highest BCUT2D eigenvalue weighted by atomic mass is 19.2. The Bertz CT molecular complexity index is 812. The molecule has 140 valence electrons. The summed E-state index contributed by atoms with van der Waals surface area (Å²) in [5, 5.41) is 2.29. The average molecular weight is 366 g/mol. The van der Waals surface area contributed by atoms with Crippen LogP contribution < -0.4 is 10.1 Å². The van der Waals surface area contributed by atoms with Gasteiger partial charge in [-0.15, -0.1) is 0 Å². The Kier molecular flexibility index (Phi) is 6.26. The number of carbonyl (C=O) groups is 1. The van der Waals surface area contributed by atoms with E-state index in [0.29, 0.717) is 12.3 Å². The van der Waals surface area contributed by atoms with Crippen LogP contribution >= 0.6 is 0 Å². The first kappa shape index (κ1) is 19.8. The predicted octanol–water partition coefficient (Wildman–Crippen LogP) is 3.88. The second-order valence-electron chi connectivity index (χ2n) is 6.12. The van der Waals surface area contributed by atoms with Crippen molar-refractivity contribution in [1.29, 1.82) is 0 Å². The lowest BCUT2D eigenvalue weighted by molar-refractivity contribution is -0.120. The number of amides is 1. The topological polar surface area (TPSA) is 41.6 Å². The van der Waals surface area contributed by atoms with Gasteiger partial charge in [-0.1, -0.05) is 17.7 Å². The number of aryl methyl sites for hydroxylation is 1. The number of methoxy groups -OCH3 is 1. The lowest BCUT2D eigenvalue weighted by Crippen LogP contribution is -2.39. The molecule has 0 radical (unpaired) electrons. The van der Waals surface area contributed by atoms with Gasteiger partial charge in [-0.25, -0.2) is 13.2 Å². The number of anilines is 1. The normalized spacial score (nSPS) is 12.2. The molecule has 0 spiro atoms. The molecule has 0 aliphatic heterocycles. The minimum atomic E-state index is -1.62. The van der Waals surface area contributed by atoms with Gasteiger partial charge in [-0.05, 0) is 39.1 Å². The summed E-state index contributed by atoms with van der Waals surface area (Å²) in [6, 6.07) is 6.83. The molecular formula is C19H21F3N2O2. The van der Waals surface area contributed by atoms with Gasteiger partial charge in [0.25, 0.3) is 0 Å². The Morgan fingerprint density at radius 2 is 1.88 bits per heavy atom. The quantitative estimate of drug-likeness (QED) is 0.789. The van der Waals surface area contributed by atoms with E-state index in [0.717, 1.165) is 23.3 Å². The first-order chi connectivity index (χ1) is 12.2. The summed E-state index contributed by atoms with van der Waals surface area (Å²) >= 11 is 0. The Morgan fingerprint density at radius 1 is 1.19 bits per heavy atom. The summed E-state index contributed by atoms with van der Waals surface area (Å²) in [5.41, 5.74) is 1.55. The molecule has 4 nitrogen and oxygen atoms in total. The molecule has 0 fully saturated rings. The number of hydrogen-bond acceptors (Lipinski definition) is 3. The van der Waals surface area contributed by atoms with E-state index in [1.165, 1.54) is 0 Å². The first-order valence-electron chi connectivity index (χ1n) is 8.02. The number of nitrogens with one attached hydrogen (secondary N) is 1. The number of nitrogens with zero attached hydrogens (tertiary/aromatic N) is 1. The fourth-order valence-electron chi connectivity index (χ4n) is 2.50. The van der Waals surface area contributed by atoms with Crippen LogP contribution in [0.4, 0.5) is 18.9 Å². The molecule has 0 saturated heterocycles. The number of hydrogen-bond donors (Lipinski definition) is 1. The molecule has 1 atom stereocenters. The van der Waals surface area contributed by atoms with Crippen LogP contribution in [0.1, 0.15) is 18.1 Å². The van der Waals surface area contributed by atoms with Crippen LogP contribution in [-0.4, -0.2) is 31.0 Å². The second-order valence-corrected chi connectivity index (χ2v) is 6.12. The third-order valence-electron chi connectivity index (χ3n) is 4.19. The van der Waals surface area contributed by atoms with Gasteiger partial charge >= 0.3 is 0 Å². The van der Waals surface area contributed by atoms with Crippen molar-refractivity contribution >= 4 is 11.6 Å². The molecule has 0 aromatic heterocycles. The lowest BCUT2D eigenvalue weighted by Gasteiger charge is -2.25. The van der Waals surface area contributed by atoms with Crippen LogP contribution in [-0.2, 0) is 11.3 Å². The molecule has 2 aromatic carbocycles. The largest absolute Gasteiger partial charge is 0.496 e. The molecule has 0 bridgehead atoms. The summed E-state index contributed by atoms with van der Waals surface area (Å²) in [4.78, 5) is 14.1. The van der Waals surface area contributed by atoms with E-state index in [9.17, 15) is 18.0 Å². The highest BCUT2D eigenvalue weighted by Crippen LogP contribution is 2.23. The van der Waals surface area contributed by atoms with Gasteiger partial charge in [0.05, 0.1) is 18.8 Å². The Balaban J connectivity index is 2.11. The van der Waals surface area contributed by atoms with E-state index < -0.39 is 35.1 Å². The predicted molar refractivity (Wildman–Crippen MR) is 93.6 cm³/mol. The van der Waals surface area contributed by atoms with Crippen LogP contribution in [0.5, 0.6) is 5.75 Å². The van der Waals surface area contributed by atoms with Crippen molar-refractivity contribution in [3.05, 3.63) is 58.9 Å². The zero-order valence-electron chi connectivity index (χ0n) is 15.1. The first-order valence-corrected chi connectivity index (χ1v) is 8.02. The Morgan fingerprint density at radius 3 is 2.54 bits per heavy atom. The number of halogens is 3. The minimum absolute atomic E-state index is 0.401. The fourth-order valence-corrected chi connectivity index (χ4v) is 2.50. The maximum Gasteiger partial charge on any atom is 0.241 e. The highest BCUT2D eigenvalue weighted by molar-refractivity contribution is 5.94. The average Bonchev–Trinajstić information content (AvgIpc) is 2.61. The van der Waals surface area contributed by atoms with E-state index in [4.69, 9.17) is 4.74 Å². The third kappa shape index (κ3) is 4.35. The van der Waals surface area contributed by atoms with Gasteiger partial charge in [0, 0.05) is 12.1 Å². The van der Waals surface area contributed by atoms with Crippen molar-refractivity contribution < 1.29 is 22.7 Å². The van der Waals surface area contributed by atoms with Crippen LogP contribution in [0.15, 0.2) is 30.3 Å². The maximum absolute atomic E-state index is 13.7. The van der Waals surface area contributed by atoms with Gasteiger partial charge < -0.3 is 10.1 Å². The Labute approximate surface area is 150 Å². The SMILES string of the molecule is COc1ccc(C)cc1CN(C)C(C)C(=O)Nc1ccc(F)c(F)c1F. The third-order valence-corrected chi connectivity index (χ3v) is 4.19. The van der Waals surface area contributed by atoms with Crippen molar-refractivity contribution in [2.24, 2.45) is 0 Å². The second kappa shape index (κ2) is 8.23. The molecule has 0 saturated carbocycles. The van der Waals surface area contributed by atoms with Gasteiger partial charge in [-0.3, -0.25) is 9.69 Å². The van der Waals surface area contributed by atoms with Gasteiger partial charge in [0.1, 0.15) is 5.75 Å². The summed E-state index contributed by atoms with van der Waals surface area (Å²) in [7, 11) is 3.30. The van der Waals surface area contributed by atoms with Crippen molar-refractivity contribution in [2.75, 3.05) is 19.5 Å². The molecule has 2 rings (SSSR count). The van der Waals surface area contributed by atoms with Crippen LogP contribution in [0.2, 0.25) is 0 Å². The molecule has 0 aliphatic carbocycles. The number of rotatable bonds is 6. The zero-order chi connectivity index (χ0) is 19.4. The van der Waals surface area contributed by atoms with E-state index in [-0.39, 0.29) is 0 Å². The molecule has 1 N–H and O–H groups in total. The maximum atomic E-state index is 13.7. The number of carbonyl (C=O) groups excluding carboxylic acids is 1. The van der Waals surface area contributed by atoms with Crippen molar-refractivity contribution in [2.45, 2.75) is 26.4 Å². The van der Waals surface area contributed by atoms with E-state index in [1.807, 2.05) is 25.1 Å². The number of likely N-dealkylation sites (N-methyl/N-ethyl adjacent to an activating group) is 1.